The van der Waals surface area contributed by atoms with Gasteiger partial charge in [0.15, 0.2) is 0 Å². The van der Waals surface area contributed by atoms with Gasteiger partial charge in [-0.25, -0.2) is 9.18 Å². The summed E-state index contributed by atoms with van der Waals surface area (Å²) in [6.45, 7) is 2.95. The van der Waals surface area contributed by atoms with Gasteiger partial charge in [-0.15, -0.1) is 0 Å². The second-order valence-electron chi connectivity index (χ2n) is 2.13. The Morgan fingerprint density at radius 1 is 1.55 bits per heavy atom. The van der Waals surface area contributed by atoms with Gasteiger partial charge in [-0.2, -0.15) is 0 Å². The van der Waals surface area contributed by atoms with E-state index in [2.05, 4.69) is 4.74 Å². The Morgan fingerprint density at radius 2 is 2.09 bits per heavy atom. The van der Waals surface area contributed by atoms with Crippen molar-refractivity contribution in [2.75, 3.05) is 6.61 Å². The molecule has 64 valence electrons. The quantitative estimate of drug-likeness (QED) is 0.576. The van der Waals surface area contributed by atoms with Crippen LogP contribution in [0, 0.1) is 0 Å². The van der Waals surface area contributed by atoms with Crippen LogP contribution in [0.25, 0.3) is 0 Å². The lowest BCUT2D eigenvalue weighted by atomic mass is 10.2. The van der Waals surface area contributed by atoms with Crippen molar-refractivity contribution in [3.8, 4) is 0 Å². The number of alkyl halides is 1. The fourth-order valence-corrected chi connectivity index (χ4v) is 0.568. The predicted molar refractivity (Wildman–Crippen MR) is 36.8 cm³/mol. The smallest absolute Gasteiger partial charge is 0.341 e. The number of Topliss-reactive ketones (excluding diaryl/α,β-unsaturated/α-hetero) is 1. The molecule has 0 aromatic rings. The molecule has 0 bridgehead atoms. The molecule has 0 aliphatic heterocycles. The van der Waals surface area contributed by atoms with Gasteiger partial charge in [-0.05, 0) is 13.8 Å². The van der Waals surface area contributed by atoms with Gasteiger partial charge < -0.3 is 4.74 Å². The van der Waals surface area contributed by atoms with E-state index in [1.807, 2.05) is 0 Å². The molecule has 0 aromatic carbocycles. The Morgan fingerprint density at radius 3 is 2.45 bits per heavy atom. The van der Waals surface area contributed by atoms with Crippen molar-refractivity contribution in [2.45, 2.75) is 26.4 Å². The fourth-order valence-electron chi connectivity index (χ4n) is 0.568. The van der Waals surface area contributed by atoms with E-state index in [4.69, 9.17) is 0 Å². The Hall–Kier alpha value is -0.930. The molecule has 0 spiro atoms. The van der Waals surface area contributed by atoms with Crippen LogP contribution in [-0.4, -0.2) is 24.5 Å². The minimum Gasteiger partial charge on any atom is -0.464 e. The highest BCUT2D eigenvalue weighted by molar-refractivity contribution is 5.84. The van der Waals surface area contributed by atoms with E-state index in [1.165, 1.54) is 6.92 Å². The molecular weight excluding hydrogens is 151 g/mol. The Bertz CT molecular complexity index is 156. The Labute approximate surface area is 64.5 Å². The number of ketones is 1. The average molecular weight is 162 g/mol. The lowest BCUT2D eigenvalue weighted by Gasteiger charge is -2.03. The first kappa shape index (κ1) is 10.1. The van der Waals surface area contributed by atoms with Crippen LogP contribution >= 0.6 is 0 Å². The maximum absolute atomic E-state index is 12.5. The van der Waals surface area contributed by atoms with E-state index < -0.39 is 18.6 Å². The van der Waals surface area contributed by atoms with Gasteiger partial charge >= 0.3 is 5.97 Å². The largest absolute Gasteiger partial charge is 0.464 e. The molecule has 11 heavy (non-hydrogen) atoms. The summed E-state index contributed by atoms with van der Waals surface area (Å²) in [5, 5.41) is 0. The molecular formula is C7H11FO3. The maximum atomic E-state index is 12.5. The number of carbonyl (C=O) groups excluding carboxylic acids is 2. The topological polar surface area (TPSA) is 43.4 Å². The zero-order chi connectivity index (χ0) is 8.85. The summed E-state index contributed by atoms with van der Waals surface area (Å²) in [5.41, 5.74) is 0. The van der Waals surface area contributed by atoms with Gasteiger partial charge in [0, 0.05) is 6.42 Å². The molecule has 4 heteroatoms. The molecule has 0 saturated carbocycles. The standard InChI is InChI=1S/C7H11FO3/c1-3-11-7(10)6(8)4-5(2)9/h6H,3-4H2,1-2H3/t6-/m0/s1. The SMILES string of the molecule is CCOC(=O)[C@@H](F)CC(C)=O. The van der Waals surface area contributed by atoms with Crippen LogP contribution in [0.1, 0.15) is 20.3 Å². The molecule has 0 radical (unpaired) electrons. The molecule has 0 rings (SSSR count). The zero-order valence-corrected chi connectivity index (χ0v) is 6.59. The summed E-state index contributed by atoms with van der Waals surface area (Å²) < 4.78 is 16.9. The molecule has 0 aromatic heterocycles. The molecule has 0 saturated heterocycles. The summed E-state index contributed by atoms with van der Waals surface area (Å²) in [5.74, 6) is -1.31. The minimum atomic E-state index is -1.80. The zero-order valence-electron chi connectivity index (χ0n) is 6.59. The van der Waals surface area contributed by atoms with E-state index >= 15 is 0 Å². The van der Waals surface area contributed by atoms with Gasteiger partial charge in [-0.1, -0.05) is 0 Å². The van der Waals surface area contributed by atoms with Crippen LogP contribution < -0.4 is 0 Å². The molecule has 0 heterocycles. The summed E-state index contributed by atoms with van der Waals surface area (Å²) in [4.78, 5) is 20.8. The number of carbonyl (C=O) groups is 2. The predicted octanol–water partition coefficient (Wildman–Crippen LogP) is 0.867. The molecule has 0 unspecified atom stereocenters. The molecule has 0 aliphatic carbocycles. The van der Waals surface area contributed by atoms with Gasteiger partial charge in [0.25, 0.3) is 0 Å². The van der Waals surface area contributed by atoms with Gasteiger partial charge in [0.1, 0.15) is 5.78 Å². The van der Waals surface area contributed by atoms with Crippen molar-refractivity contribution in [3.05, 3.63) is 0 Å². The summed E-state index contributed by atoms with van der Waals surface area (Å²) in [6.07, 6.45) is -2.19. The highest BCUT2D eigenvalue weighted by atomic mass is 19.1. The maximum Gasteiger partial charge on any atom is 0.341 e. The van der Waals surface area contributed by atoms with Crippen LogP contribution in [0.2, 0.25) is 0 Å². The van der Waals surface area contributed by atoms with Crippen LogP contribution in [0.3, 0.4) is 0 Å². The second kappa shape index (κ2) is 4.82. The van der Waals surface area contributed by atoms with E-state index in [0.717, 1.165) is 0 Å². The average Bonchev–Trinajstić information content (AvgIpc) is 1.86. The van der Waals surface area contributed by atoms with E-state index in [-0.39, 0.29) is 12.4 Å². The van der Waals surface area contributed by atoms with Crippen molar-refractivity contribution < 1.29 is 18.7 Å². The van der Waals surface area contributed by atoms with Crippen molar-refractivity contribution in [1.29, 1.82) is 0 Å². The van der Waals surface area contributed by atoms with Gasteiger partial charge in [0.05, 0.1) is 6.61 Å². The Balaban J connectivity index is 3.73. The number of rotatable bonds is 4. The molecule has 0 fully saturated rings. The van der Waals surface area contributed by atoms with Crippen LogP contribution in [0.5, 0.6) is 0 Å². The molecule has 0 aliphatic rings. The van der Waals surface area contributed by atoms with Gasteiger partial charge in [-0.3, -0.25) is 4.79 Å². The number of hydrogen-bond donors (Lipinski definition) is 0. The first-order valence-corrected chi connectivity index (χ1v) is 3.38. The van der Waals surface area contributed by atoms with Crippen LogP contribution in [-0.2, 0) is 14.3 Å². The third kappa shape index (κ3) is 4.47. The number of halogens is 1. The van der Waals surface area contributed by atoms with Crippen molar-refractivity contribution in [2.24, 2.45) is 0 Å². The molecule has 0 N–H and O–H groups in total. The van der Waals surface area contributed by atoms with E-state index in [9.17, 15) is 14.0 Å². The minimum absolute atomic E-state index is 0.136. The first-order valence-electron chi connectivity index (χ1n) is 3.38. The van der Waals surface area contributed by atoms with E-state index in [0.29, 0.717) is 0 Å². The first-order chi connectivity index (χ1) is 5.07. The Kier molecular flexibility index (Phi) is 4.41. The summed E-state index contributed by atoms with van der Waals surface area (Å²) in [7, 11) is 0. The summed E-state index contributed by atoms with van der Waals surface area (Å²) in [6, 6.07) is 0. The molecule has 3 nitrogen and oxygen atoms in total. The van der Waals surface area contributed by atoms with Gasteiger partial charge in [0.2, 0.25) is 6.17 Å². The van der Waals surface area contributed by atoms with Crippen LogP contribution in [0.4, 0.5) is 4.39 Å². The monoisotopic (exact) mass is 162 g/mol. The number of hydrogen-bond acceptors (Lipinski definition) is 3. The lowest BCUT2D eigenvalue weighted by Crippen LogP contribution is -2.21. The van der Waals surface area contributed by atoms with Crippen molar-refractivity contribution in [1.82, 2.24) is 0 Å². The third-order valence-electron chi connectivity index (χ3n) is 1.01. The normalized spacial score (nSPS) is 12.3. The molecule has 0 amide bonds. The second-order valence-corrected chi connectivity index (χ2v) is 2.13. The van der Waals surface area contributed by atoms with Crippen molar-refractivity contribution in [3.63, 3.8) is 0 Å². The summed E-state index contributed by atoms with van der Waals surface area (Å²) >= 11 is 0. The van der Waals surface area contributed by atoms with Crippen molar-refractivity contribution >= 4 is 11.8 Å². The fraction of sp³-hybridized carbons (Fsp3) is 0.714. The van der Waals surface area contributed by atoms with E-state index in [1.54, 1.807) is 6.92 Å². The third-order valence-corrected chi connectivity index (χ3v) is 1.01. The number of ether oxygens (including phenoxy) is 1. The lowest BCUT2D eigenvalue weighted by molar-refractivity contribution is -0.150. The van der Waals surface area contributed by atoms with Crippen LogP contribution in [0.15, 0.2) is 0 Å². The highest BCUT2D eigenvalue weighted by Gasteiger charge is 2.19. The number of esters is 1. The highest BCUT2D eigenvalue weighted by Crippen LogP contribution is 2.01. The molecule has 1 atom stereocenters.